The Morgan fingerprint density at radius 2 is 2.11 bits per heavy atom. The van der Waals surface area contributed by atoms with Crippen molar-refractivity contribution in [1.29, 1.82) is 0 Å². The van der Waals surface area contributed by atoms with Gasteiger partial charge in [0.05, 0.1) is 5.69 Å². The SMILES string of the molecule is Cc1c(C(=O)O)oc2cccc(NC(=O)C3CC3)c12. The zero-order valence-corrected chi connectivity index (χ0v) is 10.4. The molecule has 1 aromatic carbocycles. The van der Waals surface area contributed by atoms with Crippen molar-refractivity contribution in [3.8, 4) is 0 Å². The Kier molecular flexibility index (Phi) is 2.55. The van der Waals surface area contributed by atoms with E-state index in [2.05, 4.69) is 5.32 Å². The molecule has 5 heteroatoms. The molecule has 2 aromatic rings. The molecular formula is C14H13NO4. The summed E-state index contributed by atoms with van der Waals surface area (Å²) in [7, 11) is 0. The van der Waals surface area contributed by atoms with Gasteiger partial charge in [0.25, 0.3) is 0 Å². The van der Waals surface area contributed by atoms with E-state index in [1.165, 1.54) is 0 Å². The number of anilines is 1. The third-order valence-corrected chi connectivity index (χ3v) is 3.35. The summed E-state index contributed by atoms with van der Waals surface area (Å²) >= 11 is 0. The van der Waals surface area contributed by atoms with Crippen LogP contribution in [-0.2, 0) is 4.79 Å². The van der Waals surface area contributed by atoms with Crippen molar-refractivity contribution in [2.75, 3.05) is 5.32 Å². The van der Waals surface area contributed by atoms with E-state index in [-0.39, 0.29) is 17.6 Å². The molecule has 2 N–H and O–H groups in total. The molecule has 0 spiro atoms. The summed E-state index contributed by atoms with van der Waals surface area (Å²) < 4.78 is 5.31. The van der Waals surface area contributed by atoms with Crippen LogP contribution in [0.5, 0.6) is 0 Å². The first-order chi connectivity index (χ1) is 9.08. The number of rotatable bonds is 3. The maximum atomic E-state index is 11.8. The molecule has 5 nitrogen and oxygen atoms in total. The van der Waals surface area contributed by atoms with Gasteiger partial charge >= 0.3 is 5.97 Å². The third-order valence-electron chi connectivity index (χ3n) is 3.35. The van der Waals surface area contributed by atoms with Crippen molar-refractivity contribution in [2.24, 2.45) is 5.92 Å². The average molecular weight is 259 g/mol. The van der Waals surface area contributed by atoms with Crippen molar-refractivity contribution in [2.45, 2.75) is 19.8 Å². The highest BCUT2D eigenvalue weighted by Crippen LogP contribution is 2.34. The molecular weight excluding hydrogens is 246 g/mol. The highest BCUT2D eigenvalue weighted by atomic mass is 16.4. The fourth-order valence-electron chi connectivity index (χ4n) is 2.19. The van der Waals surface area contributed by atoms with Gasteiger partial charge in [-0.3, -0.25) is 4.79 Å². The molecule has 1 fully saturated rings. The number of fused-ring (bicyclic) bond motifs is 1. The number of furan rings is 1. The molecule has 0 atom stereocenters. The number of aromatic carboxylic acids is 1. The summed E-state index contributed by atoms with van der Waals surface area (Å²) in [6.07, 6.45) is 1.85. The number of carboxylic acids is 1. The molecule has 1 saturated carbocycles. The fraction of sp³-hybridized carbons (Fsp3) is 0.286. The summed E-state index contributed by atoms with van der Waals surface area (Å²) in [6, 6.07) is 5.19. The van der Waals surface area contributed by atoms with Gasteiger partial charge in [-0.1, -0.05) is 6.07 Å². The Morgan fingerprint density at radius 3 is 2.74 bits per heavy atom. The number of carbonyl (C=O) groups excluding carboxylic acids is 1. The standard InChI is InChI=1S/C14H13NO4/c1-7-11-9(15-13(16)8-5-6-8)3-2-4-10(11)19-12(7)14(17)18/h2-4,8H,5-6H2,1H3,(H,15,16)(H,17,18). The number of hydrogen-bond acceptors (Lipinski definition) is 3. The number of carbonyl (C=O) groups is 2. The van der Waals surface area contributed by atoms with Crippen LogP contribution in [-0.4, -0.2) is 17.0 Å². The molecule has 1 heterocycles. The van der Waals surface area contributed by atoms with Crippen molar-refractivity contribution in [1.82, 2.24) is 0 Å². The van der Waals surface area contributed by atoms with Gasteiger partial charge in [0.15, 0.2) is 0 Å². The summed E-state index contributed by atoms with van der Waals surface area (Å²) in [5, 5.41) is 12.6. The molecule has 0 radical (unpaired) electrons. The van der Waals surface area contributed by atoms with Gasteiger partial charge in [-0.05, 0) is 31.9 Å². The zero-order valence-electron chi connectivity index (χ0n) is 10.4. The summed E-state index contributed by atoms with van der Waals surface area (Å²) in [4.78, 5) is 22.9. The van der Waals surface area contributed by atoms with Crippen LogP contribution in [0.1, 0.15) is 29.0 Å². The first-order valence-electron chi connectivity index (χ1n) is 6.14. The fourth-order valence-corrected chi connectivity index (χ4v) is 2.19. The van der Waals surface area contributed by atoms with E-state index in [9.17, 15) is 9.59 Å². The van der Waals surface area contributed by atoms with E-state index in [4.69, 9.17) is 9.52 Å². The Bertz CT molecular complexity index is 682. The number of aryl methyl sites for hydroxylation is 1. The Labute approximate surface area is 109 Å². The van der Waals surface area contributed by atoms with E-state index in [1.54, 1.807) is 25.1 Å². The lowest BCUT2D eigenvalue weighted by Gasteiger charge is -2.05. The molecule has 1 amide bonds. The van der Waals surface area contributed by atoms with E-state index in [0.29, 0.717) is 22.2 Å². The van der Waals surface area contributed by atoms with Crippen molar-refractivity contribution in [3.63, 3.8) is 0 Å². The van der Waals surface area contributed by atoms with Gasteiger partial charge < -0.3 is 14.8 Å². The van der Waals surface area contributed by atoms with E-state index < -0.39 is 5.97 Å². The molecule has 0 bridgehead atoms. The smallest absolute Gasteiger partial charge is 0.372 e. The Hall–Kier alpha value is -2.30. The van der Waals surface area contributed by atoms with Gasteiger partial charge in [-0.15, -0.1) is 0 Å². The quantitative estimate of drug-likeness (QED) is 0.888. The molecule has 19 heavy (non-hydrogen) atoms. The molecule has 98 valence electrons. The summed E-state index contributed by atoms with van der Waals surface area (Å²) in [5.74, 6) is -1.09. The van der Waals surface area contributed by atoms with Crippen LogP contribution in [0.25, 0.3) is 11.0 Å². The van der Waals surface area contributed by atoms with E-state index in [0.717, 1.165) is 12.8 Å². The maximum absolute atomic E-state index is 11.8. The predicted molar refractivity (Wildman–Crippen MR) is 69.3 cm³/mol. The Morgan fingerprint density at radius 1 is 1.37 bits per heavy atom. The molecule has 1 aliphatic rings. The van der Waals surface area contributed by atoms with Gasteiger partial charge in [0, 0.05) is 16.9 Å². The molecule has 0 unspecified atom stereocenters. The first-order valence-corrected chi connectivity index (χ1v) is 6.14. The first kappa shape index (κ1) is 11.8. The van der Waals surface area contributed by atoms with Gasteiger partial charge in [-0.25, -0.2) is 4.79 Å². The molecule has 1 aliphatic carbocycles. The number of carboxylic acid groups (broad SMARTS) is 1. The molecule has 0 saturated heterocycles. The number of benzene rings is 1. The second-order valence-electron chi connectivity index (χ2n) is 4.80. The lowest BCUT2D eigenvalue weighted by Crippen LogP contribution is -2.13. The predicted octanol–water partition coefficient (Wildman–Crippen LogP) is 2.79. The van der Waals surface area contributed by atoms with Gasteiger partial charge in [0.2, 0.25) is 11.7 Å². The maximum Gasteiger partial charge on any atom is 0.372 e. The molecule has 3 rings (SSSR count). The zero-order chi connectivity index (χ0) is 13.6. The van der Waals surface area contributed by atoms with E-state index in [1.807, 2.05) is 0 Å². The molecule has 0 aliphatic heterocycles. The molecule has 1 aromatic heterocycles. The van der Waals surface area contributed by atoms with Crippen molar-refractivity contribution in [3.05, 3.63) is 29.5 Å². The van der Waals surface area contributed by atoms with Crippen molar-refractivity contribution < 1.29 is 19.1 Å². The van der Waals surface area contributed by atoms with Crippen LogP contribution in [0.15, 0.2) is 22.6 Å². The number of nitrogens with one attached hydrogen (secondary N) is 1. The Balaban J connectivity index is 2.08. The van der Waals surface area contributed by atoms with Crippen molar-refractivity contribution >= 4 is 28.5 Å². The topological polar surface area (TPSA) is 79.5 Å². The minimum Gasteiger partial charge on any atom is -0.475 e. The lowest BCUT2D eigenvalue weighted by molar-refractivity contribution is -0.117. The number of hydrogen-bond donors (Lipinski definition) is 2. The summed E-state index contributed by atoms with van der Waals surface area (Å²) in [6.45, 7) is 1.68. The van der Waals surface area contributed by atoms with Crippen LogP contribution >= 0.6 is 0 Å². The van der Waals surface area contributed by atoms with E-state index >= 15 is 0 Å². The van der Waals surface area contributed by atoms with Crippen LogP contribution in [0.2, 0.25) is 0 Å². The van der Waals surface area contributed by atoms with Crippen LogP contribution in [0.3, 0.4) is 0 Å². The van der Waals surface area contributed by atoms with Crippen LogP contribution in [0, 0.1) is 12.8 Å². The minimum atomic E-state index is -1.10. The monoisotopic (exact) mass is 259 g/mol. The number of amides is 1. The second kappa shape index (κ2) is 4.12. The highest BCUT2D eigenvalue weighted by molar-refractivity contribution is 6.06. The normalized spacial score (nSPS) is 14.6. The minimum absolute atomic E-state index is 0.00928. The van der Waals surface area contributed by atoms with Gasteiger partial charge in [0.1, 0.15) is 5.58 Å². The third kappa shape index (κ3) is 1.97. The highest BCUT2D eigenvalue weighted by Gasteiger charge is 2.30. The second-order valence-corrected chi connectivity index (χ2v) is 4.80. The average Bonchev–Trinajstić information content (AvgIpc) is 3.15. The van der Waals surface area contributed by atoms with Crippen LogP contribution < -0.4 is 5.32 Å². The van der Waals surface area contributed by atoms with Gasteiger partial charge in [-0.2, -0.15) is 0 Å². The lowest BCUT2D eigenvalue weighted by atomic mass is 10.1. The van der Waals surface area contributed by atoms with Crippen LogP contribution in [0.4, 0.5) is 5.69 Å². The summed E-state index contributed by atoms with van der Waals surface area (Å²) in [5.41, 5.74) is 1.63. The largest absolute Gasteiger partial charge is 0.475 e.